The molecule has 208 valence electrons. The predicted octanol–water partition coefficient (Wildman–Crippen LogP) is 3.83. The number of carbonyl (C=O) groups is 4. The molecular weight excluding hydrogens is 493 g/mol. The fraction of sp³-hybridized carbons (Fsp3) is 0.643. The minimum atomic E-state index is -1.17. The number of ether oxygens (including phenoxy) is 1. The van der Waals surface area contributed by atoms with Crippen LogP contribution in [0, 0.1) is 17.7 Å². The molecule has 1 aromatic carbocycles. The molecule has 0 bridgehead atoms. The molecule has 1 saturated carbocycles. The fourth-order valence-electron chi connectivity index (χ4n) is 5.96. The van der Waals surface area contributed by atoms with Gasteiger partial charge in [0.1, 0.15) is 18.0 Å². The molecule has 0 radical (unpaired) electrons. The average molecular weight is 532 g/mol. The summed E-state index contributed by atoms with van der Waals surface area (Å²) >= 11 is 0. The highest BCUT2D eigenvalue weighted by Gasteiger charge is 2.46. The second-order valence-electron chi connectivity index (χ2n) is 11.8. The molecule has 1 aliphatic carbocycles. The van der Waals surface area contributed by atoms with Crippen LogP contribution in [-0.2, 0) is 32.2 Å². The number of benzene rings is 1. The molecular formula is C28H38FN3O6. The van der Waals surface area contributed by atoms with Crippen LogP contribution in [-0.4, -0.2) is 63.0 Å². The number of likely N-dealkylation sites (tertiary alicyclic amines) is 1. The number of halogens is 1. The second kappa shape index (κ2) is 11.3. The molecule has 3 amide bonds. The van der Waals surface area contributed by atoms with Crippen LogP contribution >= 0.6 is 0 Å². The summed E-state index contributed by atoms with van der Waals surface area (Å²) < 4.78 is 19.7. The summed E-state index contributed by atoms with van der Waals surface area (Å²) in [5, 5.41) is 12.8. The molecule has 2 unspecified atom stereocenters. The molecule has 3 atom stereocenters. The Morgan fingerprint density at radius 2 is 1.84 bits per heavy atom. The minimum Gasteiger partial charge on any atom is -0.480 e. The molecule has 9 nitrogen and oxygen atoms in total. The Kier molecular flexibility index (Phi) is 8.28. The summed E-state index contributed by atoms with van der Waals surface area (Å²) in [4.78, 5) is 54.3. The van der Waals surface area contributed by atoms with Crippen molar-refractivity contribution in [1.82, 2.24) is 15.1 Å². The first-order valence-corrected chi connectivity index (χ1v) is 13.5. The molecule has 0 spiro atoms. The molecule has 38 heavy (non-hydrogen) atoms. The number of hydrogen-bond donors (Lipinski definition) is 2. The largest absolute Gasteiger partial charge is 0.480 e. The van der Waals surface area contributed by atoms with Crippen LogP contribution in [0.3, 0.4) is 0 Å². The molecule has 4 rings (SSSR count). The van der Waals surface area contributed by atoms with Crippen molar-refractivity contribution >= 4 is 23.9 Å². The normalized spacial score (nSPS) is 22.6. The van der Waals surface area contributed by atoms with Crippen LogP contribution in [0.25, 0.3) is 0 Å². The van der Waals surface area contributed by atoms with E-state index in [1.165, 1.54) is 15.9 Å². The monoisotopic (exact) mass is 531 g/mol. The Morgan fingerprint density at radius 1 is 1.13 bits per heavy atom. The van der Waals surface area contributed by atoms with Crippen LogP contribution in [0.5, 0.6) is 0 Å². The van der Waals surface area contributed by atoms with Crippen molar-refractivity contribution in [2.24, 2.45) is 11.8 Å². The topological polar surface area (TPSA) is 116 Å². The lowest BCUT2D eigenvalue weighted by Crippen LogP contribution is -2.48. The minimum absolute atomic E-state index is 0.00369. The van der Waals surface area contributed by atoms with Gasteiger partial charge in [-0.2, -0.15) is 0 Å². The summed E-state index contributed by atoms with van der Waals surface area (Å²) in [6.45, 7) is 5.84. The number of carboxylic acid groups (broad SMARTS) is 1. The molecule has 10 heteroatoms. The third-order valence-corrected chi connectivity index (χ3v) is 7.74. The first-order chi connectivity index (χ1) is 17.9. The SMILES string of the molecule is CC(C)(C)NC(=O)CC(C(=O)N1CC(OC(=O)N2Cc3cccc(F)c3C2)C[C@H]1C(=O)O)C1CCCCC1. The van der Waals surface area contributed by atoms with Crippen molar-refractivity contribution in [3.05, 3.63) is 35.1 Å². The highest BCUT2D eigenvalue weighted by Crippen LogP contribution is 2.35. The van der Waals surface area contributed by atoms with Crippen molar-refractivity contribution in [3.63, 3.8) is 0 Å². The van der Waals surface area contributed by atoms with Gasteiger partial charge in [0, 0.05) is 36.4 Å². The number of rotatable bonds is 6. The highest BCUT2D eigenvalue weighted by atomic mass is 19.1. The average Bonchev–Trinajstić information content (AvgIpc) is 3.47. The maximum atomic E-state index is 14.1. The van der Waals surface area contributed by atoms with Crippen LogP contribution in [0.1, 0.15) is 76.8 Å². The van der Waals surface area contributed by atoms with E-state index in [2.05, 4.69) is 5.32 Å². The maximum absolute atomic E-state index is 14.1. The Morgan fingerprint density at radius 3 is 2.47 bits per heavy atom. The van der Waals surface area contributed by atoms with Crippen LogP contribution in [0.4, 0.5) is 9.18 Å². The van der Waals surface area contributed by atoms with Gasteiger partial charge in [-0.3, -0.25) is 14.5 Å². The van der Waals surface area contributed by atoms with Gasteiger partial charge in [-0.15, -0.1) is 0 Å². The van der Waals surface area contributed by atoms with Gasteiger partial charge < -0.3 is 20.1 Å². The summed E-state index contributed by atoms with van der Waals surface area (Å²) in [7, 11) is 0. The molecule has 1 aromatic rings. The van der Waals surface area contributed by atoms with Crippen molar-refractivity contribution < 1.29 is 33.4 Å². The van der Waals surface area contributed by atoms with Crippen LogP contribution in [0.2, 0.25) is 0 Å². The summed E-state index contributed by atoms with van der Waals surface area (Å²) in [5.41, 5.74) is 0.698. The van der Waals surface area contributed by atoms with E-state index in [4.69, 9.17) is 4.74 Å². The molecule has 2 fully saturated rings. The summed E-state index contributed by atoms with van der Waals surface area (Å²) in [6.07, 6.45) is 3.13. The first-order valence-electron chi connectivity index (χ1n) is 13.5. The molecule has 2 heterocycles. The molecule has 0 aromatic heterocycles. The van der Waals surface area contributed by atoms with E-state index >= 15 is 0 Å². The Bertz CT molecular complexity index is 1080. The second-order valence-corrected chi connectivity index (χ2v) is 11.8. The lowest BCUT2D eigenvalue weighted by Gasteiger charge is -2.34. The van der Waals surface area contributed by atoms with Crippen molar-refractivity contribution in [3.8, 4) is 0 Å². The van der Waals surface area contributed by atoms with E-state index in [0.29, 0.717) is 11.1 Å². The zero-order valence-corrected chi connectivity index (χ0v) is 22.4. The lowest BCUT2D eigenvalue weighted by molar-refractivity contribution is -0.151. The third-order valence-electron chi connectivity index (χ3n) is 7.74. The predicted molar refractivity (Wildman–Crippen MR) is 136 cm³/mol. The smallest absolute Gasteiger partial charge is 0.410 e. The summed E-state index contributed by atoms with van der Waals surface area (Å²) in [5.74, 6) is -2.81. The van der Waals surface area contributed by atoms with Gasteiger partial charge in [0.2, 0.25) is 11.8 Å². The van der Waals surface area contributed by atoms with Crippen LogP contribution < -0.4 is 5.32 Å². The van der Waals surface area contributed by atoms with Gasteiger partial charge in [0.25, 0.3) is 0 Å². The number of carbonyl (C=O) groups excluding carboxylic acids is 3. The maximum Gasteiger partial charge on any atom is 0.410 e. The number of amides is 3. The van der Waals surface area contributed by atoms with E-state index in [1.807, 2.05) is 20.8 Å². The summed E-state index contributed by atoms with van der Waals surface area (Å²) in [6, 6.07) is 3.54. The van der Waals surface area contributed by atoms with Gasteiger partial charge in [-0.25, -0.2) is 14.0 Å². The van der Waals surface area contributed by atoms with E-state index in [1.54, 1.807) is 12.1 Å². The van der Waals surface area contributed by atoms with Crippen LogP contribution in [0.15, 0.2) is 18.2 Å². The Hall–Kier alpha value is -3.17. The number of carboxylic acids is 1. The number of nitrogens with zero attached hydrogens (tertiary/aromatic N) is 2. The first kappa shape index (κ1) is 27.9. The van der Waals surface area contributed by atoms with Gasteiger partial charge >= 0.3 is 12.1 Å². The van der Waals surface area contributed by atoms with Crippen molar-refractivity contribution in [2.45, 2.75) is 96.5 Å². The zero-order chi connectivity index (χ0) is 27.6. The van der Waals surface area contributed by atoms with Crippen molar-refractivity contribution in [2.75, 3.05) is 6.54 Å². The van der Waals surface area contributed by atoms with Gasteiger partial charge in [0.15, 0.2) is 0 Å². The number of hydrogen-bond acceptors (Lipinski definition) is 5. The van der Waals surface area contributed by atoms with E-state index in [-0.39, 0.29) is 56.0 Å². The standard InChI is InChI=1S/C28H38FN3O6/c1-28(2,3)30-24(33)13-20(17-8-5-4-6-9-17)25(34)32-15-19(12-23(32)26(35)36)38-27(37)31-14-18-10-7-11-22(29)21(18)16-31/h7,10-11,17,19-20,23H,4-6,8-9,12-16H2,1-3H3,(H,30,33)(H,35,36)/t19?,20?,23-/m0/s1. The van der Waals surface area contributed by atoms with E-state index in [0.717, 1.165) is 32.1 Å². The highest BCUT2D eigenvalue weighted by molar-refractivity contribution is 5.89. The number of nitrogens with one attached hydrogen (secondary N) is 1. The Labute approximate surface area is 222 Å². The molecule has 2 N–H and O–H groups in total. The Balaban J connectivity index is 1.45. The number of fused-ring (bicyclic) bond motifs is 1. The lowest BCUT2D eigenvalue weighted by atomic mass is 9.77. The number of aliphatic carboxylic acids is 1. The van der Waals surface area contributed by atoms with E-state index in [9.17, 15) is 28.7 Å². The zero-order valence-electron chi connectivity index (χ0n) is 22.4. The third kappa shape index (κ3) is 6.45. The molecule has 3 aliphatic rings. The van der Waals surface area contributed by atoms with Crippen molar-refractivity contribution in [1.29, 1.82) is 0 Å². The molecule has 2 aliphatic heterocycles. The van der Waals surface area contributed by atoms with Gasteiger partial charge in [-0.1, -0.05) is 31.4 Å². The fourth-order valence-corrected chi connectivity index (χ4v) is 5.96. The van der Waals surface area contributed by atoms with Gasteiger partial charge in [0.05, 0.1) is 13.1 Å². The van der Waals surface area contributed by atoms with Gasteiger partial charge in [-0.05, 0) is 51.2 Å². The molecule has 1 saturated heterocycles. The quantitative estimate of drug-likeness (QED) is 0.576. The van der Waals surface area contributed by atoms with E-state index < -0.39 is 35.7 Å².